The lowest BCUT2D eigenvalue weighted by molar-refractivity contribution is -0.136. The Morgan fingerprint density at radius 3 is 1.77 bits per heavy atom. The molecule has 4 atom stereocenters. The Morgan fingerprint density at radius 2 is 1.27 bits per heavy atom. The predicted molar refractivity (Wildman–Crippen MR) is 197 cm³/mol. The first-order valence-corrected chi connectivity index (χ1v) is 17.8. The molecule has 2 fully saturated rings. The molecule has 2 aromatic heterocycles. The summed E-state index contributed by atoms with van der Waals surface area (Å²) in [5.41, 5.74) is 3.59. The largest absolute Gasteiger partial charge is 0.453 e. The molecule has 0 saturated carbocycles. The van der Waals surface area contributed by atoms with E-state index in [0.717, 1.165) is 59.8 Å². The number of likely N-dealkylation sites (tertiary alicyclic amines) is 2. The molecule has 2 saturated heterocycles. The van der Waals surface area contributed by atoms with Gasteiger partial charge in [0, 0.05) is 19.3 Å². The lowest BCUT2D eigenvalue weighted by atomic mass is 10.0. The zero-order chi connectivity index (χ0) is 37.4. The summed E-state index contributed by atoms with van der Waals surface area (Å²) in [6.07, 6.45) is 13.5. The molecule has 5 rings (SSSR count). The summed E-state index contributed by atoms with van der Waals surface area (Å²) in [5, 5.41) is 5.36. The van der Waals surface area contributed by atoms with Crippen LogP contribution in [-0.4, -0.2) is 93.1 Å². The van der Waals surface area contributed by atoms with Gasteiger partial charge in [-0.2, -0.15) is 0 Å². The van der Waals surface area contributed by atoms with Gasteiger partial charge in [-0.05, 0) is 60.8 Å². The minimum Gasteiger partial charge on any atom is -0.453 e. The van der Waals surface area contributed by atoms with Gasteiger partial charge in [-0.3, -0.25) is 9.59 Å². The number of carbonyl (C=O) groups is 4. The highest BCUT2D eigenvalue weighted by molar-refractivity contribution is 5.87. The predicted octanol–water partition coefficient (Wildman–Crippen LogP) is 5.56. The first-order chi connectivity index (χ1) is 25.0. The molecule has 2 aliphatic heterocycles. The SMILES string of the molecule is COC(=O)N[C@H](C(=O)N1CCC[C@H]1c1nc(/C=C/c2ccc(/C=C/c3cnc([C@@H]4CCCN4C(=O)[C@@H](NC(=O)OC)C(C)C)[nH]3)cc2)c[nH]1)C(C)C. The van der Waals surface area contributed by atoms with Gasteiger partial charge in [0.2, 0.25) is 11.8 Å². The van der Waals surface area contributed by atoms with Crippen LogP contribution in [0.2, 0.25) is 0 Å². The Balaban J connectivity index is 1.18. The van der Waals surface area contributed by atoms with Gasteiger partial charge < -0.3 is 39.9 Å². The maximum Gasteiger partial charge on any atom is 0.407 e. The van der Waals surface area contributed by atoms with E-state index >= 15 is 0 Å². The topological polar surface area (TPSA) is 175 Å². The number of hydrogen-bond acceptors (Lipinski definition) is 8. The molecule has 0 aliphatic carbocycles. The molecular weight excluding hydrogens is 664 g/mol. The Bertz CT molecular complexity index is 1630. The number of H-pyrrole nitrogens is 2. The molecule has 278 valence electrons. The van der Waals surface area contributed by atoms with E-state index in [9.17, 15) is 19.2 Å². The van der Waals surface area contributed by atoms with Crippen molar-refractivity contribution in [1.82, 2.24) is 40.4 Å². The molecule has 52 heavy (non-hydrogen) atoms. The maximum atomic E-state index is 13.4. The van der Waals surface area contributed by atoms with Gasteiger partial charge in [0.15, 0.2) is 0 Å². The van der Waals surface area contributed by atoms with E-state index in [0.29, 0.717) is 13.1 Å². The summed E-state index contributed by atoms with van der Waals surface area (Å²) in [7, 11) is 2.57. The van der Waals surface area contributed by atoms with Crippen molar-refractivity contribution >= 4 is 48.3 Å². The molecular formula is C38H50N8O6. The van der Waals surface area contributed by atoms with E-state index in [4.69, 9.17) is 14.5 Å². The number of nitrogens with one attached hydrogen (secondary N) is 4. The number of carbonyl (C=O) groups excluding carboxylic acids is 4. The standard InChI is InChI=1S/C38H50N8O6/c1-23(2)31(43-37(49)51-5)35(47)45-19-7-9-29(45)33-39-21-27(41-33)17-15-25-11-13-26(14-12-25)16-18-28-22-40-34(42-28)30-10-8-20-46(30)36(48)32(24(3)4)44-38(50)52-6/h11-18,21-24,29-32H,7-10,19-20H2,1-6H3,(H,39,41)(H,40,42)(H,43,49)(H,44,50)/b17-15+,18-16+/t29-,30-,31-,32-/m0/s1. The van der Waals surface area contributed by atoms with Crippen molar-refractivity contribution in [3.05, 3.63) is 70.8 Å². The third-order valence-corrected chi connectivity index (χ3v) is 9.56. The summed E-state index contributed by atoms with van der Waals surface area (Å²) < 4.78 is 9.46. The number of benzene rings is 1. The zero-order valence-corrected chi connectivity index (χ0v) is 30.7. The quantitative estimate of drug-likeness (QED) is 0.189. The minimum absolute atomic E-state index is 0.0994. The number of ether oxygens (including phenoxy) is 2. The van der Waals surface area contributed by atoms with Crippen LogP contribution >= 0.6 is 0 Å². The number of imidazole rings is 2. The van der Waals surface area contributed by atoms with Crippen LogP contribution in [0.5, 0.6) is 0 Å². The fraction of sp³-hybridized carbons (Fsp3) is 0.474. The Hall–Kier alpha value is -5.40. The van der Waals surface area contributed by atoms with E-state index < -0.39 is 24.3 Å². The zero-order valence-electron chi connectivity index (χ0n) is 30.7. The van der Waals surface area contributed by atoms with E-state index in [1.807, 2.05) is 82.5 Å². The fourth-order valence-electron chi connectivity index (χ4n) is 6.68. The number of methoxy groups -OCH3 is 2. The number of hydrogen-bond donors (Lipinski definition) is 4. The summed E-state index contributed by atoms with van der Waals surface area (Å²) in [5.74, 6) is 0.954. The highest BCUT2D eigenvalue weighted by atomic mass is 16.5. The summed E-state index contributed by atoms with van der Waals surface area (Å²) in [6.45, 7) is 8.77. The average Bonchev–Trinajstić information content (AvgIpc) is 3.97. The second-order valence-corrected chi connectivity index (χ2v) is 13.9. The normalized spacial score (nSPS) is 18.8. The van der Waals surface area contributed by atoms with Gasteiger partial charge in [-0.1, -0.05) is 64.1 Å². The average molecular weight is 715 g/mol. The molecule has 0 unspecified atom stereocenters. The fourth-order valence-corrected chi connectivity index (χ4v) is 6.68. The summed E-state index contributed by atoms with van der Waals surface area (Å²) in [6, 6.07) is 6.34. The van der Waals surface area contributed by atoms with Crippen molar-refractivity contribution < 1.29 is 28.7 Å². The number of aromatic nitrogens is 4. The van der Waals surface area contributed by atoms with E-state index in [-0.39, 0.29) is 35.7 Å². The Kier molecular flexibility index (Phi) is 12.5. The Labute approximate surface area is 304 Å². The lowest BCUT2D eigenvalue weighted by Crippen LogP contribution is -2.51. The second-order valence-electron chi connectivity index (χ2n) is 13.9. The highest BCUT2D eigenvalue weighted by Crippen LogP contribution is 2.33. The molecule has 4 amide bonds. The monoisotopic (exact) mass is 714 g/mol. The third kappa shape index (κ3) is 9.09. The van der Waals surface area contributed by atoms with Crippen LogP contribution < -0.4 is 10.6 Å². The molecule has 0 bridgehead atoms. The molecule has 4 N–H and O–H groups in total. The first-order valence-electron chi connectivity index (χ1n) is 17.8. The molecule has 14 nitrogen and oxygen atoms in total. The van der Waals surface area contributed by atoms with Gasteiger partial charge in [-0.25, -0.2) is 19.6 Å². The smallest absolute Gasteiger partial charge is 0.407 e. The number of rotatable bonds is 12. The second kappa shape index (κ2) is 17.2. The van der Waals surface area contributed by atoms with E-state index in [2.05, 4.69) is 25.6 Å². The van der Waals surface area contributed by atoms with Gasteiger partial charge >= 0.3 is 12.2 Å². The lowest BCUT2D eigenvalue weighted by Gasteiger charge is -2.29. The molecule has 14 heteroatoms. The van der Waals surface area contributed by atoms with Crippen LogP contribution in [0.15, 0.2) is 36.7 Å². The van der Waals surface area contributed by atoms with Crippen molar-refractivity contribution in [2.75, 3.05) is 27.3 Å². The van der Waals surface area contributed by atoms with Crippen LogP contribution in [-0.2, 0) is 19.1 Å². The highest BCUT2D eigenvalue weighted by Gasteiger charge is 2.38. The third-order valence-electron chi connectivity index (χ3n) is 9.56. The van der Waals surface area contributed by atoms with Crippen LogP contribution in [0.4, 0.5) is 9.59 Å². The minimum atomic E-state index is -0.682. The van der Waals surface area contributed by atoms with Crippen molar-refractivity contribution in [2.24, 2.45) is 11.8 Å². The van der Waals surface area contributed by atoms with Gasteiger partial charge in [0.25, 0.3) is 0 Å². The van der Waals surface area contributed by atoms with Crippen molar-refractivity contribution in [3.8, 4) is 0 Å². The number of amides is 4. The molecule has 2 aliphatic rings. The molecule has 0 radical (unpaired) electrons. The molecule has 0 spiro atoms. The van der Waals surface area contributed by atoms with Crippen LogP contribution in [0.3, 0.4) is 0 Å². The number of aromatic amines is 2. The maximum absolute atomic E-state index is 13.4. The number of alkyl carbamates (subject to hydrolysis) is 2. The molecule has 1 aromatic carbocycles. The van der Waals surface area contributed by atoms with Crippen LogP contribution in [0, 0.1) is 11.8 Å². The summed E-state index contributed by atoms with van der Waals surface area (Å²) in [4.78, 5) is 70.1. The van der Waals surface area contributed by atoms with Crippen molar-refractivity contribution in [1.29, 1.82) is 0 Å². The molecule has 3 aromatic rings. The van der Waals surface area contributed by atoms with E-state index in [1.165, 1.54) is 14.2 Å². The van der Waals surface area contributed by atoms with Crippen molar-refractivity contribution in [2.45, 2.75) is 77.5 Å². The van der Waals surface area contributed by atoms with Gasteiger partial charge in [0.1, 0.15) is 23.7 Å². The number of nitrogens with zero attached hydrogens (tertiary/aromatic N) is 4. The molecule has 4 heterocycles. The summed E-state index contributed by atoms with van der Waals surface area (Å²) >= 11 is 0. The van der Waals surface area contributed by atoms with Gasteiger partial charge in [-0.15, -0.1) is 0 Å². The Morgan fingerprint density at radius 1 is 0.769 bits per heavy atom. The first kappa shape index (κ1) is 37.8. The van der Waals surface area contributed by atoms with Gasteiger partial charge in [0.05, 0.1) is 43.9 Å². The van der Waals surface area contributed by atoms with Crippen LogP contribution in [0.25, 0.3) is 24.3 Å². The van der Waals surface area contributed by atoms with Crippen molar-refractivity contribution in [3.63, 3.8) is 0 Å². The van der Waals surface area contributed by atoms with E-state index in [1.54, 1.807) is 16.0 Å². The van der Waals surface area contributed by atoms with Crippen LogP contribution in [0.1, 0.15) is 99.6 Å².